The van der Waals surface area contributed by atoms with Gasteiger partial charge in [0.25, 0.3) is 0 Å². The number of carboxylic acid groups (broad SMARTS) is 2. The molecule has 2 aliphatic heterocycles. The van der Waals surface area contributed by atoms with Crippen molar-refractivity contribution in [3.8, 4) is 22.3 Å². The van der Waals surface area contributed by atoms with Crippen LogP contribution in [-0.2, 0) is 44.1 Å². The second-order valence-corrected chi connectivity index (χ2v) is 21.1. The fourth-order valence-corrected chi connectivity index (χ4v) is 8.20. The molecule has 8 nitrogen and oxygen atoms in total. The third kappa shape index (κ3) is 9.25. The number of fused-ring (bicyclic) bond motifs is 8. The molecule has 8 heteroatoms. The number of nitrogens with zero attached hydrogens (tertiary/aromatic N) is 2. The highest BCUT2D eigenvalue weighted by atomic mass is 16.4. The molecule has 0 saturated carbocycles. The van der Waals surface area contributed by atoms with Gasteiger partial charge in [-0.05, 0) is 116 Å². The molecule has 0 saturated heterocycles. The Hall–Kier alpha value is -6.02. The number of rotatable bonds is 8. The number of hydrogen-bond donors (Lipinski definition) is 4. The Morgan fingerprint density at radius 3 is 1.08 bits per heavy atom. The predicted octanol–water partition coefficient (Wildman–Crippen LogP) is 13.2. The molecular weight excluding hydrogens is 769 g/mol. The van der Waals surface area contributed by atoms with Crippen LogP contribution in [-0.4, -0.2) is 42.1 Å². The predicted molar refractivity (Wildman–Crippen MR) is 256 cm³/mol. The zero-order chi connectivity index (χ0) is 45.1. The summed E-state index contributed by atoms with van der Waals surface area (Å²) in [6.45, 7) is 26.7. The molecule has 0 atom stereocenters. The summed E-state index contributed by atoms with van der Waals surface area (Å²) < 4.78 is 0. The maximum absolute atomic E-state index is 12.2. The van der Waals surface area contributed by atoms with E-state index in [-0.39, 0.29) is 47.3 Å². The third-order valence-corrected chi connectivity index (χ3v) is 12.1. The Bertz CT molecular complexity index is 2660. The van der Waals surface area contributed by atoms with Crippen LogP contribution >= 0.6 is 0 Å². The lowest BCUT2D eigenvalue weighted by Crippen LogP contribution is -2.16. The van der Waals surface area contributed by atoms with Crippen LogP contribution in [0.25, 0.3) is 68.6 Å². The number of hydrogen-bond acceptors (Lipinski definition) is 4. The quantitative estimate of drug-likeness (QED) is 0.121. The van der Waals surface area contributed by atoms with Crippen molar-refractivity contribution in [1.29, 1.82) is 0 Å². The summed E-state index contributed by atoms with van der Waals surface area (Å²) in [5, 5.41) is 20.0. The minimum atomic E-state index is -0.882. The number of nitrogens with one attached hydrogen (secondary N) is 2. The van der Waals surface area contributed by atoms with Crippen LogP contribution in [0, 0.1) is 0 Å². The van der Waals surface area contributed by atoms with Gasteiger partial charge in [0, 0.05) is 57.2 Å². The molecule has 3 aromatic heterocycles. The number of carbonyl (C=O) groups is 2. The summed E-state index contributed by atoms with van der Waals surface area (Å²) in [4.78, 5) is 42.5. The standard InChI is InChI=1S/C54H62N4O4/c1-51(2,3)33-25-31(26-34(29-33)52(4,5)6)49-43-19-15-39(55-43)37(13-23-47(59)60)41-17-21-45(57-41)50(32-27-35(53(7,8)9)30-36(28-32)54(10,11)12)46-22-18-42(58-46)38(14-24-48(61)62)40-16-20-44(49)56-40/h15-22,25-30,55-56H,13-14,23-24H2,1-12H3,(H,59,60)(H,61,62). The van der Waals surface area contributed by atoms with Crippen LogP contribution < -0.4 is 0 Å². The van der Waals surface area contributed by atoms with Gasteiger partial charge < -0.3 is 20.2 Å². The SMILES string of the molecule is CC(C)(C)c1cc(-c2c3nc(c(CCC(=O)O)c4ccc([nH]4)c(-c4cc(C(C)(C)C)cc(C(C)(C)C)c4)c4ccc([nH]4)c(CCC(=O)O)c4nc2C=C4)C=C3)cc(C(C)(C)C)c1. The largest absolute Gasteiger partial charge is 0.481 e. The Kier molecular flexibility index (Phi) is 11.4. The second kappa shape index (κ2) is 16.0. The maximum atomic E-state index is 12.2. The number of aliphatic carboxylic acids is 2. The van der Waals surface area contributed by atoms with Gasteiger partial charge in [-0.1, -0.05) is 119 Å². The molecule has 8 bridgehead atoms. The molecule has 4 N–H and O–H groups in total. The average molecular weight is 831 g/mol. The first-order chi connectivity index (χ1) is 28.9. The van der Waals surface area contributed by atoms with Crippen molar-refractivity contribution in [1.82, 2.24) is 19.9 Å². The first kappa shape index (κ1) is 44.0. The normalized spacial score (nSPS) is 13.2. The van der Waals surface area contributed by atoms with Crippen LogP contribution in [0.3, 0.4) is 0 Å². The monoisotopic (exact) mass is 830 g/mol. The molecule has 2 aromatic carbocycles. The highest BCUT2D eigenvalue weighted by molar-refractivity contribution is 5.96. The molecule has 5 aromatic rings. The Morgan fingerprint density at radius 1 is 0.452 bits per heavy atom. The van der Waals surface area contributed by atoms with Gasteiger partial charge in [0.2, 0.25) is 0 Å². The third-order valence-electron chi connectivity index (χ3n) is 12.1. The summed E-state index contributed by atoms with van der Waals surface area (Å²) >= 11 is 0. The van der Waals surface area contributed by atoms with E-state index in [1.807, 2.05) is 36.4 Å². The van der Waals surface area contributed by atoms with Crippen LogP contribution in [0.5, 0.6) is 0 Å². The topological polar surface area (TPSA) is 132 Å². The van der Waals surface area contributed by atoms with Gasteiger partial charge >= 0.3 is 11.9 Å². The van der Waals surface area contributed by atoms with Gasteiger partial charge in [0.15, 0.2) is 0 Å². The number of aromatic amines is 2. The molecule has 7 rings (SSSR count). The minimum absolute atomic E-state index is 0.0626. The minimum Gasteiger partial charge on any atom is -0.481 e. The van der Waals surface area contributed by atoms with Crippen LogP contribution in [0.15, 0.2) is 60.7 Å². The van der Waals surface area contributed by atoms with Gasteiger partial charge in [-0.2, -0.15) is 0 Å². The van der Waals surface area contributed by atoms with E-state index in [2.05, 4.69) is 142 Å². The molecule has 0 fully saturated rings. The fraction of sp³-hybridized carbons (Fsp3) is 0.370. The van der Waals surface area contributed by atoms with E-state index in [4.69, 9.17) is 9.97 Å². The molecule has 62 heavy (non-hydrogen) atoms. The van der Waals surface area contributed by atoms with Crippen LogP contribution in [0.2, 0.25) is 0 Å². The number of H-pyrrole nitrogens is 2. The first-order valence-corrected chi connectivity index (χ1v) is 21.8. The summed E-state index contributed by atoms with van der Waals surface area (Å²) in [7, 11) is 0. The average Bonchev–Trinajstić information content (AvgIpc) is 4.00. The lowest BCUT2D eigenvalue weighted by Gasteiger charge is -2.26. The van der Waals surface area contributed by atoms with Crippen LogP contribution in [0.1, 0.15) is 152 Å². The van der Waals surface area contributed by atoms with Crippen molar-refractivity contribution in [3.63, 3.8) is 0 Å². The Balaban J connectivity index is 1.67. The summed E-state index contributed by atoms with van der Waals surface area (Å²) in [6.07, 6.45) is 8.41. The first-order valence-electron chi connectivity index (χ1n) is 21.8. The van der Waals surface area contributed by atoms with Gasteiger partial charge in [-0.15, -0.1) is 0 Å². The number of benzene rings is 2. The maximum Gasteiger partial charge on any atom is 0.303 e. The number of aryl methyl sites for hydroxylation is 2. The molecule has 0 spiro atoms. The zero-order valence-corrected chi connectivity index (χ0v) is 38.5. The molecule has 2 aliphatic rings. The number of aromatic nitrogens is 4. The Morgan fingerprint density at radius 2 is 0.758 bits per heavy atom. The van der Waals surface area contributed by atoms with Crippen molar-refractivity contribution >= 4 is 58.3 Å². The molecule has 0 amide bonds. The summed E-state index contributed by atoms with van der Waals surface area (Å²) in [6, 6.07) is 21.8. The molecule has 0 aliphatic carbocycles. The van der Waals surface area contributed by atoms with Crippen LogP contribution in [0.4, 0.5) is 0 Å². The second-order valence-electron chi connectivity index (χ2n) is 21.1. The molecule has 0 unspecified atom stereocenters. The molecule has 5 heterocycles. The molecular formula is C54H62N4O4. The van der Waals surface area contributed by atoms with Gasteiger partial charge in [0.05, 0.1) is 22.8 Å². The van der Waals surface area contributed by atoms with Crippen molar-refractivity contribution in [2.75, 3.05) is 0 Å². The van der Waals surface area contributed by atoms with E-state index in [9.17, 15) is 19.8 Å². The van der Waals surface area contributed by atoms with E-state index in [1.54, 1.807) is 0 Å². The van der Waals surface area contributed by atoms with E-state index < -0.39 is 11.9 Å². The van der Waals surface area contributed by atoms with Gasteiger partial charge in [-0.25, -0.2) is 9.97 Å². The van der Waals surface area contributed by atoms with Gasteiger partial charge in [-0.3, -0.25) is 9.59 Å². The van der Waals surface area contributed by atoms with E-state index in [1.165, 1.54) is 22.3 Å². The summed E-state index contributed by atoms with van der Waals surface area (Å²) in [5.74, 6) is -1.76. The molecule has 322 valence electrons. The van der Waals surface area contributed by atoms with Crippen molar-refractivity contribution < 1.29 is 19.8 Å². The highest BCUT2D eigenvalue weighted by Gasteiger charge is 2.26. The zero-order valence-electron chi connectivity index (χ0n) is 38.5. The van der Waals surface area contributed by atoms with Crippen molar-refractivity contribution in [2.45, 2.75) is 130 Å². The lowest BCUT2D eigenvalue weighted by atomic mass is 9.78. The van der Waals surface area contributed by atoms with E-state index in [0.29, 0.717) is 11.4 Å². The fourth-order valence-electron chi connectivity index (χ4n) is 8.20. The van der Waals surface area contributed by atoms with Crippen molar-refractivity contribution in [2.24, 2.45) is 0 Å². The Labute approximate surface area is 366 Å². The van der Waals surface area contributed by atoms with E-state index >= 15 is 0 Å². The van der Waals surface area contributed by atoms with E-state index in [0.717, 1.165) is 66.8 Å². The molecule has 0 radical (unpaired) electrons. The highest BCUT2D eigenvalue weighted by Crippen LogP contribution is 2.40. The smallest absolute Gasteiger partial charge is 0.303 e. The number of carboxylic acids is 2. The van der Waals surface area contributed by atoms with Gasteiger partial charge in [0.1, 0.15) is 0 Å². The summed E-state index contributed by atoms with van der Waals surface area (Å²) in [5.41, 5.74) is 15.8. The van der Waals surface area contributed by atoms with Crippen molar-refractivity contribution in [3.05, 3.63) is 117 Å². The lowest BCUT2D eigenvalue weighted by molar-refractivity contribution is -0.138.